The van der Waals surface area contributed by atoms with E-state index in [4.69, 9.17) is 4.98 Å². The van der Waals surface area contributed by atoms with Gasteiger partial charge in [0.2, 0.25) is 5.91 Å². The maximum atomic E-state index is 12.4. The van der Waals surface area contributed by atoms with E-state index in [1.807, 2.05) is 42.5 Å². The van der Waals surface area contributed by atoms with Crippen molar-refractivity contribution < 1.29 is 4.79 Å². The van der Waals surface area contributed by atoms with E-state index in [1.165, 1.54) is 35.0 Å². The first-order valence-electron chi connectivity index (χ1n) is 9.76. The Morgan fingerprint density at radius 3 is 2.90 bits per heavy atom. The predicted octanol–water partition coefficient (Wildman–Crippen LogP) is 4.57. The number of para-hydroxylation sites is 1. The van der Waals surface area contributed by atoms with Crippen molar-refractivity contribution in [3.8, 4) is 0 Å². The SMILES string of the molecule is Cc1ccccc1NC(=O)CSc1nnc2c3c4c(sc3nc(C)n12)CCCC4. The second-order valence-electron chi connectivity index (χ2n) is 7.34. The van der Waals surface area contributed by atoms with Crippen molar-refractivity contribution in [2.45, 2.75) is 44.7 Å². The third-order valence-electron chi connectivity index (χ3n) is 5.35. The van der Waals surface area contributed by atoms with E-state index in [9.17, 15) is 4.79 Å². The number of thiophene rings is 1. The van der Waals surface area contributed by atoms with E-state index in [-0.39, 0.29) is 11.7 Å². The maximum Gasteiger partial charge on any atom is 0.234 e. The van der Waals surface area contributed by atoms with Gasteiger partial charge in [-0.3, -0.25) is 9.20 Å². The van der Waals surface area contributed by atoms with Crippen LogP contribution in [-0.4, -0.2) is 31.2 Å². The number of nitrogens with one attached hydrogen (secondary N) is 1. The Morgan fingerprint density at radius 1 is 1.21 bits per heavy atom. The third kappa shape index (κ3) is 3.30. The smallest absolute Gasteiger partial charge is 0.234 e. The fourth-order valence-corrected chi connectivity index (χ4v) is 5.98. The number of fused-ring (bicyclic) bond motifs is 5. The maximum absolute atomic E-state index is 12.4. The summed E-state index contributed by atoms with van der Waals surface area (Å²) in [5.74, 6) is 1.08. The first kappa shape index (κ1) is 18.6. The van der Waals surface area contributed by atoms with Gasteiger partial charge >= 0.3 is 0 Å². The summed E-state index contributed by atoms with van der Waals surface area (Å²) in [7, 11) is 0. The van der Waals surface area contributed by atoms with Gasteiger partial charge in [0, 0.05) is 10.6 Å². The molecule has 4 aromatic rings. The summed E-state index contributed by atoms with van der Waals surface area (Å²) in [5.41, 5.74) is 4.15. The molecule has 0 saturated carbocycles. The van der Waals surface area contributed by atoms with Crippen molar-refractivity contribution in [2.24, 2.45) is 0 Å². The molecule has 6 nitrogen and oxygen atoms in total. The number of carbonyl (C=O) groups excluding carboxylic acids is 1. The van der Waals surface area contributed by atoms with E-state index in [1.54, 1.807) is 11.3 Å². The van der Waals surface area contributed by atoms with Gasteiger partial charge in [-0.2, -0.15) is 0 Å². The summed E-state index contributed by atoms with van der Waals surface area (Å²) in [6.45, 7) is 3.96. The molecule has 1 amide bonds. The van der Waals surface area contributed by atoms with Crippen molar-refractivity contribution in [1.29, 1.82) is 0 Å². The highest BCUT2D eigenvalue weighted by Gasteiger charge is 2.22. The van der Waals surface area contributed by atoms with Gasteiger partial charge in [-0.1, -0.05) is 30.0 Å². The number of hydrogen-bond donors (Lipinski definition) is 1. The second-order valence-corrected chi connectivity index (χ2v) is 9.37. The molecule has 3 aromatic heterocycles. The van der Waals surface area contributed by atoms with Crippen LogP contribution in [0.5, 0.6) is 0 Å². The molecule has 8 heteroatoms. The zero-order chi connectivity index (χ0) is 20.0. The highest BCUT2D eigenvalue weighted by atomic mass is 32.2. The molecular formula is C21H21N5OS2. The standard InChI is InChI=1S/C21H21N5OS2/c1-12-7-3-5-9-15(12)23-17(27)11-28-21-25-24-19-18-14-8-4-6-10-16(14)29-20(18)22-13(2)26(19)21/h3,5,7,9H,4,6,8,10-11H2,1-2H3,(H,23,27). The summed E-state index contributed by atoms with van der Waals surface area (Å²) in [5, 5.41) is 13.7. The molecule has 0 bridgehead atoms. The molecule has 0 radical (unpaired) electrons. The molecule has 0 unspecified atom stereocenters. The van der Waals surface area contributed by atoms with Crippen LogP contribution in [0.2, 0.25) is 0 Å². The van der Waals surface area contributed by atoms with Crippen LogP contribution in [-0.2, 0) is 17.6 Å². The molecule has 0 aliphatic heterocycles. The van der Waals surface area contributed by atoms with Crippen LogP contribution in [0.25, 0.3) is 15.9 Å². The van der Waals surface area contributed by atoms with Crippen LogP contribution in [0, 0.1) is 13.8 Å². The number of hydrogen-bond acceptors (Lipinski definition) is 6. The van der Waals surface area contributed by atoms with Crippen LogP contribution in [0.1, 0.15) is 34.7 Å². The van der Waals surface area contributed by atoms with Gasteiger partial charge in [-0.15, -0.1) is 21.5 Å². The lowest BCUT2D eigenvalue weighted by atomic mass is 9.97. The Balaban J connectivity index is 1.44. The Hall–Kier alpha value is -2.45. The van der Waals surface area contributed by atoms with Gasteiger partial charge in [-0.05, 0) is 56.7 Å². The summed E-state index contributed by atoms with van der Waals surface area (Å²) in [6, 6.07) is 7.77. The van der Waals surface area contributed by atoms with E-state index in [0.717, 1.165) is 45.8 Å². The topological polar surface area (TPSA) is 72.2 Å². The number of aromatic nitrogens is 4. The van der Waals surface area contributed by atoms with Crippen LogP contribution in [0.4, 0.5) is 5.69 Å². The molecule has 5 rings (SSSR count). The lowest BCUT2D eigenvalue weighted by Gasteiger charge is -2.10. The minimum absolute atomic E-state index is 0.0550. The van der Waals surface area contributed by atoms with Crippen molar-refractivity contribution in [3.63, 3.8) is 0 Å². The number of benzene rings is 1. The average Bonchev–Trinajstić information content (AvgIpc) is 3.29. The lowest BCUT2D eigenvalue weighted by Crippen LogP contribution is -2.15. The fraction of sp³-hybridized carbons (Fsp3) is 0.333. The highest BCUT2D eigenvalue weighted by Crippen LogP contribution is 2.38. The summed E-state index contributed by atoms with van der Waals surface area (Å²) >= 11 is 3.19. The van der Waals surface area contributed by atoms with Gasteiger partial charge in [0.15, 0.2) is 10.8 Å². The monoisotopic (exact) mass is 423 g/mol. The summed E-state index contributed by atoms with van der Waals surface area (Å²) in [6.07, 6.45) is 4.69. The average molecular weight is 424 g/mol. The first-order chi connectivity index (χ1) is 14.1. The molecule has 1 aliphatic carbocycles. The normalized spacial score (nSPS) is 13.7. The number of anilines is 1. The van der Waals surface area contributed by atoms with Crippen molar-refractivity contribution >= 4 is 50.6 Å². The molecular weight excluding hydrogens is 402 g/mol. The van der Waals surface area contributed by atoms with Gasteiger partial charge in [0.05, 0.1) is 11.1 Å². The Labute approximate surface area is 176 Å². The third-order valence-corrected chi connectivity index (χ3v) is 7.46. The predicted molar refractivity (Wildman–Crippen MR) is 118 cm³/mol. The molecule has 1 N–H and O–H groups in total. The second kappa shape index (κ2) is 7.42. The van der Waals surface area contributed by atoms with Crippen LogP contribution in [0.15, 0.2) is 29.4 Å². The highest BCUT2D eigenvalue weighted by molar-refractivity contribution is 7.99. The Bertz CT molecular complexity index is 1240. The molecule has 29 heavy (non-hydrogen) atoms. The fourth-order valence-electron chi connectivity index (χ4n) is 3.90. The summed E-state index contributed by atoms with van der Waals surface area (Å²) in [4.78, 5) is 19.8. The lowest BCUT2D eigenvalue weighted by molar-refractivity contribution is -0.113. The number of amides is 1. The van der Waals surface area contributed by atoms with Gasteiger partial charge < -0.3 is 5.32 Å². The van der Waals surface area contributed by atoms with Crippen LogP contribution < -0.4 is 5.32 Å². The molecule has 3 heterocycles. The molecule has 0 atom stereocenters. The molecule has 0 saturated heterocycles. The van der Waals surface area contributed by atoms with Crippen molar-refractivity contribution in [1.82, 2.24) is 19.6 Å². The number of nitrogens with zero attached hydrogens (tertiary/aromatic N) is 4. The largest absolute Gasteiger partial charge is 0.325 e. The minimum atomic E-state index is -0.0550. The number of thioether (sulfide) groups is 1. The van der Waals surface area contributed by atoms with E-state index in [2.05, 4.69) is 15.5 Å². The quantitative estimate of drug-likeness (QED) is 0.487. The molecule has 148 valence electrons. The van der Waals surface area contributed by atoms with E-state index >= 15 is 0 Å². The van der Waals surface area contributed by atoms with Gasteiger partial charge in [-0.25, -0.2) is 4.98 Å². The van der Waals surface area contributed by atoms with Crippen molar-refractivity contribution in [3.05, 3.63) is 46.1 Å². The Morgan fingerprint density at radius 2 is 2.03 bits per heavy atom. The molecule has 0 fully saturated rings. The van der Waals surface area contributed by atoms with Crippen LogP contribution >= 0.6 is 23.1 Å². The van der Waals surface area contributed by atoms with Crippen molar-refractivity contribution in [2.75, 3.05) is 11.1 Å². The van der Waals surface area contributed by atoms with E-state index < -0.39 is 0 Å². The molecule has 0 spiro atoms. The number of rotatable bonds is 4. The zero-order valence-corrected chi connectivity index (χ0v) is 18.0. The zero-order valence-electron chi connectivity index (χ0n) is 16.4. The first-order valence-corrected chi connectivity index (χ1v) is 11.6. The summed E-state index contributed by atoms with van der Waals surface area (Å²) < 4.78 is 2.00. The number of carbonyl (C=O) groups is 1. The minimum Gasteiger partial charge on any atom is -0.325 e. The number of aryl methyl sites for hydroxylation is 4. The van der Waals surface area contributed by atoms with Crippen LogP contribution in [0.3, 0.4) is 0 Å². The molecule has 1 aliphatic rings. The van der Waals surface area contributed by atoms with Gasteiger partial charge in [0.25, 0.3) is 0 Å². The van der Waals surface area contributed by atoms with Gasteiger partial charge in [0.1, 0.15) is 10.7 Å². The Kier molecular flexibility index (Phi) is 4.75. The van der Waals surface area contributed by atoms with E-state index in [0.29, 0.717) is 5.16 Å². The molecule has 1 aromatic carbocycles.